The SMILES string of the molecule is C=CC(=O)N1CCN2c3c(c(=O)n(-c4c(C)ccnc4C(C)C)c4nc(-c5cc(O)ccc5F)c(Cl)cc34)N(C)C(=O)[C@H]2C1. The summed E-state index contributed by atoms with van der Waals surface area (Å²) < 4.78 is 16.5. The number of likely N-dealkylation sites (N-methyl/N-ethyl adjacent to an activating group) is 1. The maximum Gasteiger partial charge on any atom is 0.283 e. The van der Waals surface area contributed by atoms with E-state index in [1.54, 1.807) is 23.2 Å². The van der Waals surface area contributed by atoms with Crippen LogP contribution in [0.15, 0.2) is 54.0 Å². The van der Waals surface area contributed by atoms with Gasteiger partial charge in [0.2, 0.25) is 5.91 Å². The minimum atomic E-state index is -0.767. The molecule has 0 radical (unpaired) electrons. The third kappa shape index (κ3) is 4.41. The molecule has 1 saturated heterocycles. The number of rotatable bonds is 4. The van der Waals surface area contributed by atoms with Crippen LogP contribution in [-0.4, -0.2) is 69.1 Å². The van der Waals surface area contributed by atoms with Gasteiger partial charge in [-0.3, -0.25) is 23.9 Å². The average molecular weight is 617 g/mol. The summed E-state index contributed by atoms with van der Waals surface area (Å²) in [6, 6.07) is 6.19. The second-order valence-corrected chi connectivity index (χ2v) is 11.7. The van der Waals surface area contributed by atoms with E-state index in [0.29, 0.717) is 29.0 Å². The van der Waals surface area contributed by atoms with E-state index in [0.717, 1.165) is 11.6 Å². The van der Waals surface area contributed by atoms with E-state index in [9.17, 15) is 19.5 Å². The molecule has 1 atom stereocenters. The number of carbonyl (C=O) groups is 2. The summed E-state index contributed by atoms with van der Waals surface area (Å²) in [7, 11) is 1.54. The molecule has 0 spiro atoms. The number of benzene rings is 1. The number of hydrogen-bond acceptors (Lipinski definition) is 7. The van der Waals surface area contributed by atoms with Crippen LogP contribution in [-0.2, 0) is 9.59 Å². The van der Waals surface area contributed by atoms with Gasteiger partial charge in [0, 0.05) is 37.3 Å². The number of fused-ring (bicyclic) bond motifs is 5. The van der Waals surface area contributed by atoms with E-state index in [-0.39, 0.29) is 64.2 Å². The van der Waals surface area contributed by atoms with Crippen LogP contribution in [0.1, 0.15) is 31.0 Å². The number of anilines is 2. The number of nitrogens with zero attached hydrogens (tertiary/aromatic N) is 6. The third-order valence-corrected chi connectivity index (χ3v) is 8.58. The zero-order valence-corrected chi connectivity index (χ0v) is 25.4. The Morgan fingerprint density at radius 1 is 1.16 bits per heavy atom. The van der Waals surface area contributed by atoms with Gasteiger partial charge in [0.05, 0.1) is 34.3 Å². The molecule has 4 aromatic rings. The number of phenols is 1. The van der Waals surface area contributed by atoms with Gasteiger partial charge in [-0.1, -0.05) is 32.0 Å². The van der Waals surface area contributed by atoms with Crippen molar-refractivity contribution in [1.82, 2.24) is 19.4 Å². The van der Waals surface area contributed by atoms with Crippen molar-refractivity contribution in [1.29, 1.82) is 0 Å². The molecule has 0 saturated carbocycles. The van der Waals surface area contributed by atoms with Crippen LogP contribution in [0.4, 0.5) is 15.8 Å². The van der Waals surface area contributed by atoms with E-state index in [1.165, 1.54) is 34.7 Å². The lowest BCUT2D eigenvalue weighted by atomic mass is 9.99. The van der Waals surface area contributed by atoms with Crippen LogP contribution in [0.25, 0.3) is 28.0 Å². The molecule has 2 aliphatic rings. The van der Waals surface area contributed by atoms with Gasteiger partial charge in [-0.25, -0.2) is 9.37 Å². The molecule has 1 N–H and O–H groups in total. The minimum Gasteiger partial charge on any atom is -0.508 e. The van der Waals surface area contributed by atoms with Crippen molar-refractivity contribution in [3.05, 3.63) is 81.6 Å². The third-order valence-electron chi connectivity index (χ3n) is 8.29. The highest BCUT2D eigenvalue weighted by molar-refractivity contribution is 6.34. The van der Waals surface area contributed by atoms with E-state index >= 15 is 4.39 Å². The average Bonchev–Trinajstić information content (AvgIpc) is 3.00. The smallest absolute Gasteiger partial charge is 0.283 e. The normalized spacial score (nSPS) is 16.4. The largest absolute Gasteiger partial charge is 0.508 e. The zero-order chi connectivity index (χ0) is 31.6. The lowest BCUT2D eigenvalue weighted by Crippen LogP contribution is -2.63. The van der Waals surface area contributed by atoms with Gasteiger partial charge in [0.1, 0.15) is 28.9 Å². The Morgan fingerprint density at radius 3 is 2.61 bits per heavy atom. The molecule has 44 heavy (non-hydrogen) atoms. The summed E-state index contributed by atoms with van der Waals surface area (Å²) in [6.45, 7) is 10.0. The highest BCUT2D eigenvalue weighted by atomic mass is 35.5. The van der Waals surface area contributed by atoms with E-state index < -0.39 is 17.4 Å². The fourth-order valence-corrected chi connectivity index (χ4v) is 6.40. The zero-order valence-electron chi connectivity index (χ0n) is 24.6. The molecule has 3 aromatic heterocycles. The standard InChI is InChI=1S/C32H30ClFN6O4/c1-6-24(42)38-11-12-39-23(15-38)31(43)37(5)29-28(39)20-14-21(33)26(19-13-18(41)7-8-22(19)34)36-30(20)40(32(29)44)27-17(4)9-10-35-25(27)16(2)3/h6-10,13-14,16,23,41H,1,11-12,15H2,2-5H3/t23-/m1/s1. The Kier molecular flexibility index (Phi) is 7.16. The van der Waals surface area contributed by atoms with Crippen LogP contribution in [0.5, 0.6) is 5.75 Å². The lowest BCUT2D eigenvalue weighted by Gasteiger charge is -2.47. The number of aryl methyl sites for hydroxylation is 1. The number of aromatic hydroxyl groups is 1. The van der Waals surface area contributed by atoms with Gasteiger partial charge >= 0.3 is 0 Å². The van der Waals surface area contributed by atoms with Crippen molar-refractivity contribution in [2.24, 2.45) is 0 Å². The van der Waals surface area contributed by atoms with Crippen LogP contribution in [0.3, 0.4) is 0 Å². The predicted molar refractivity (Wildman–Crippen MR) is 167 cm³/mol. The number of aromatic nitrogens is 3. The summed E-state index contributed by atoms with van der Waals surface area (Å²) in [5.74, 6) is -1.55. The monoisotopic (exact) mass is 616 g/mol. The van der Waals surface area contributed by atoms with Crippen LogP contribution < -0.4 is 15.4 Å². The first-order chi connectivity index (χ1) is 20.9. The fraction of sp³-hybridized carbons (Fsp3) is 0.281. The predicted octanol–water partition coefficient (Wildman–Crippen LogP) is 4.56. The van der Waals surface area contributed by atoms with Crippen LogP contribution in [0.2, 0.25) is 5.02 Å². The Labute approximate surface area is 257 Å². The molecule has 5 heterocycles. The van der Waals surface area contributed by atoms with Gasteiger partial charge in [0.25, 0.3) is 11.5 Å². The maximum absolute atomic E-state index is 15.1. The van der Waals surface area contributed by atoms with E-state index in [4.69, 9.17) is 16.6 Å². The molecule has 0 aliphatic carbocycles. The van der Waals surface area contributed by atoms with Gasteiger partial charge in [-0.15, -0.1) is 0 Å². The number of pyridine rings is 3. The molecule has 1 fully saturated rings. The molecule has 1 aromatic carbocycles. The quantitative estimate of drug-likeness (QED) is 0.335. The van der Waals surface area contributed by atoms with Crippen LogP contribution >= 0.6 is 11.6 Å². The Bertz CT molecular complexity index is 1960. The molecule has 2 amide bonds. The second-order valence-electron chi connectivity index (χ2n) is 11.3. The first kappa shape index (κ1) is 29.3. The number of halogens is 2. The Hall–Kier alpha value is -4.77. The summed E-state index contributed by atoms with van der Waals surface area (Å²) in [5.41, 5.74) is 2.12. The maximum atomic E-state index is 15.1. The van der Waals surface area contributed by atoms with E-state index in [1.807, 2.05) is 25.7 Å². The van der Waals surface area contributed by atoms with Crippen molar-refractivity contribution in [3.63, 3.8) is 0 Å². The minimum absolute atomic E-state index is 0.0338. The fourth-order valence-electron chi connectivity index (χ4n) is 6.15. The van der Waals surface area contributed by atoms with Crippen molar-refractivity contribution >= 4 is 45.8 Å². The summed E-state index contributed by atoms with van der Waals surface area (Å²) in [4.78, 5) is 55.1. The van der Waals surface area contributed by atoms with Crippen molar-refractivity contribution in [2.75, 3.05) is 36.5 Å². The molecular weight excluding hydrogens is 587 g/mol. The highest BCUT2D eigenvalue weighted by Crippen LogP contribution is 2.43. The second kappa shape index (κ2) is 10.7. The first-order valence-corrected chi connectivity index (χ1v) is 14.5. The van der Waals surface area contributed by atoms with Gasteiger partial charge in [-0.2, -0.15) is 0 Å². The molecule has 6 rings (SSSR count). The van der Waals surface area contributed by atoms with Crippen molar-refractivity contribution in [2.45, 2.75) is 32.7 Å². The number of amides is 2. The molecular formula is C32H30ClFN6O4. The number of carbonyl (C=O) groups excluding carboxylic acids is 2. The molecule has 2 aliphatic heterocycles. The lowest BCUT2D eigenvalue weighted by molar-refractivity contribution is -0.128. The summed E-state index contributed by atoms with van der Waals surface area (Å²) in [6.07, 6.45) is 2.88. The molecule has 226 valence electrons. The molecule has 0 unspecified atom stereocenters. The van der Waals surface area contributed by atoms with Gasteiger partial charge in [-0.05, 0) is 54.8 Å². The molecule has 12 heteroatoms. The number of phenolic OH excluding ortho intramolecular Hbond substituents is 1. The summed E-state index contributed by atoms with van der Waals surface area (Å²) >= 11 is 6.81. The highest BCUT2D eigenvalue weighted by Gasteiger charge is 2.44. The topological polar surface area (TPSA) is 112 Å². The van der Waals surface area contributed by atoms with Gasteiger partial charge in [0.15, 0.2) is 0 Å². The van der Waals surface area contributed by atoms with Crippen molar-refractivity contribution in [3.8, 4) is 22.7 Å². The number of piperazine rings is 1. The molecule has 10 nitrogen and oxygen atoms in total. The summed E-state index contributed by atoms with van der Waals surface area (Å²) in [5, 5.41) is 10.7. The number of hydrogen-bond donors (Lipinski definition) is 1. The Morgan fingerprint density at radius 2 is 1.91 bits per heavy atom. The molecule has 0 bridgehead atoms. The Balaban J connectivity index is 1.74. The first-order valence-electron chi connectivity index (χ1n) is 14.1. The van der Waals surface area contributed by atoms with Crippen LogP contribution in [0, 0.1) is 12.7 Å². The van der Waals surface area contributed by atoms with E-state index in [2.05, 4.69) is 11.6 Å². The van der Waals surface area contributed by atoms with Gasteiger partial charge < -0.3 is 19.8 Å². The van der Waals surface area contributed by atoms with Crippen molar-refractivity contribution < 1.29 is 19.1 Å².